The molecule has 0 unspecified atom stereocenters. The number of benzene rings is 1. The van der Waals surface area contributed by atoms with E-state index in [0.29, 0.717) is 5.75 Å². The molecule has 1 heterocycles. The topological polar surface area (TPSA) is 46.9 Å². The fourth-order valence-corrected chi connectivity index (χ4v) is 3.01. The van der Waals surface area contributed by atoms with Crippen LogP contribution in [-0.4, -0.2) is 21.4 Å². The molecule has 6 heteroatoms. The highest BCUT2D eigenvalue weighted by molar-refractivity contribution is 7.99. The number of hydrogen-bond donors (Lipinski definition) is 1. The molecule has 0 atom stereocenters. The number of hydrogen-bond acceptors (Lipinski definition) is 3. The lowest BCUT2D eigenvalue weighted by molar-refractivity contribution is -0.113. The Morgan fingerprint density at radius 3 is 2.81 bits per heavy atom. The van der Waals surface area contributed by atoms with Gasteiger partial charge in [0.2, 0.25) is 5.91 Å². The zero-order valence-corrected chi connectivity index (χ0v) is 13.9. The fourth-order valence-electron chi connectivity index (χ4n) is 2.02. The van der Waals surface area contributed by atoms with Crippen molar-refractivity contribution in [2.75, 3.05) is 11.1 Å². The van der Waals surface area contributed by atoms with Crippen LogP contribution in [-0.2, 0) is 17.6 Å². The van der Waals surface area contributed by atoms with Gasteiger partial charge in [-0.05, 0) is 31.5 Å². The van der Waals surface area contributed by atoms with E-state index in [1.165, 1.54) is 0 Å². The lowest BCUT2D eigenvalue weighted by atomic mass is 10.2. The number of nitrogens with zero attached hydrogens (tertiary/aromatic N) is 2. The Balaban J connectivity index is 1.85. The van der Waals surface area contributed by atoms with Crippen molar-refractivity contribution in [3.05, 3.63) is 46.2 Å². The van der Waals surface area contributed by atoms with E-state index < -0.39 is 0 Å². The highest BCUT2D eigenvalue weighted by atomic mass is 35.5. The first-order chi connectivity index (χ1) is 9.97. The third kappa shape index (κ3) is 4.25. The van der Waals surface area contributed by atoms with Crippen LogP contribution >= 0.6 is 23.4 Å². The molecule has 2 aromatic rings. The van der Waals surface area contributed by atoms with Crippen molar-refractivity contribution < 1.29 is 4.79 Å². The van der Waals surface area contributed by atoms with E-state index in [1.807, 2.05) is 45.2 Å². The summed E-state index contributed by atoms with van der Waals surface area (Å²) >= 11 is 7.50. The zero-order chi connectivity index (χ0) is 15.4. The number of halogens is 1. The minimum atomic E-state index is -0.0128. The Hall–Kier alpha value is -1.46. The quantitative estimate of drug-likeness (QED) is 0.915. The smallest absolute Gasteiger partial charge is 0.234 e. The van der Waals surface area contributed by atoms with E-state index in [1.54, 1.807) is 16.4 Å². The molecule has 0 aliphatic heterocycles. The highest BCUT2D eigenvalue weighted by Crippen LogP contribution is 2.20. The summed E-state index contributed by atoms with van der Waals surface area (Å²) in [6.45, 7) is 3.83. The molecule has 0 radical (unpaired) electrons. The maximum atomic E-state index is 12.0. The van der Waals surface area contributed by atoms with Gasteiger partial charge in [0.1, 0.15) is 0 Å². The van der Waals surface area contributed by atoms with Crippen LogP contribution in [0.5, 0.6) is 0 Å². The molecule has 1 N–H and O–H groups in total. The minimum absolute atomic E-state index is 0.0128. The molecule has 0 bridgehead atoms. The molecule has 0 aliphatic carbocycles. The van der Waals surface area contributed by atoms with Crippen LogP contribution in [0.4, 0.5) is 5.69 Å². The fraction of sp³-hybridized carbons (Fsp3) is 0.333. The van der Waals surface area contributed by atoms with Crippen molar-refractivity contribution in [2.24, 2.45) is 7.05 Å². The van der Waals surface area contributed by atoms with E-state index >= 15 is 0 Å². The molecule has 1 amide bonds. The Kier molecular flexibility index (Phi) is 5.31. The first-order valence-corrected chi connectivity index (χ1v) is 8.13. The molecule has 2 rings (SSSR count). The van der Waals surface area contributed by atoms with Gasteiger partial charge in [-0.3, -0.25) is 9.48 Å². The first kappa shape index (κ1) is 15.9. The maximum Gasteiger partial charge on any atom is 0.234 e. The van der Waals surface area contributed by atoms with Crippen LogP contribution in [0.2, 0.25) is 5.02 Å². The van der Waals surface area contributed by atoms with Crippen LogP contribution in [0.25, 0.3) is 0 Å². The number of rotatable bonds is 5. The number of amides is 1. The van der Waals surface area contributed by atoms with Crippen molar-refractivity contribution in [1.29, 1.82) is 0 Å². The Bertz CT molecular complexity index is 654. The van der Waals surface area contributed by atoms with Crippen molar-refractivity contribution in [3.8, 4) is 0 Å². The van der Waals surface area contributed by atoms with Crippen LogP contribution in [0.3, 0.4) is 0 Å². The van der Waals surface area contributed by atoms with Crippen molar-refractivity contribution >= 4 is 35.0 Å². The van der Waals surface area contributed by atoms with E-state index in [-0.39, 0.29) is 5.91 Å². The van der Waals surface area contributed by atoms with Gasteiger partial charge in [0.15, 0.2) is 0 Å². The van der Waals surface area contributed by atoms with Gasteiger partial charge in [-0.1, -0.05) is 23.7 Å². The first-order valence-electron chi connectivity index (χ1n) is 6.59. The average molecular weight is 324 g/mol. The molecule has 0 spiro atoms. The second kappa shape index (κ2) is 7.00. The number of carbonyl (C=O) groups is 1. The lowest BCUT2D eigenvalue weighted by Gasteiger charge is -2.06. The summed E-state index contributed by atoms with van der Waals surface area (Å²) < 4.78 is 1.77. The second-order valence-corrected chi connectivity index (χ2v) is 6.26. The summed E-state index contributed by atoms with van der Waals surface area (Å²) in [4.78, 5) is 12.0. The van der Waals surface area contributed by atoms with E-state index in [0.717, 1.165) is 33.4 Å². The third-order valence-electron chi connectivity index (χ3n) is 3.16. The summed E-state index contributed by atoms with van der Waals surface area (Å²) in [5, 5.41) is 7.93. The Morgan fingerprint density at radius 1 is 1.43 bits per heavy atom. The van der Waals surface area contributed by atoms with Gasteiger partial charge in [0, 0.05) is 17.8 Å². The van der Waals surface area contributed by atoms with Gasteiger partial charge in [-0.2, -0.15) is 5.10 Å². The van der Waals surface area contributed by atoms with Crippen LogP contribution in [0, 0.1) is 13.8 Å². The predicted molar refractivity (Wildman–Crippen MR) is 88.9 cm³/mol. The zero-order valence-electron chi connectivity index (χ0n) is 12.3. The normalized spacial score (nSPS) is 10.7. The number of carbonyl (C=O) groups excluding carboxylic acids is 1. The third-order valence-corrected chi connectivity index (χ3v) is 4.40. The molecule has 112 valence electrons. The standard InChI is InChI=1S/C15H18ClN3OS/c1-10-15(11(2)19(3)18-10)17-14(20)9-21-8-12-5-4-6-13(16)7-12/h4-7H,8-9H2,1-3H3,(H,17,20). The van der Waals surface area contributed by atoms with Crippen LogP contribution in [0.1, 0.15) is 17.0 Å². The summed E-state index contributed by atoms with van der Waals surface area (Å²) in [5.41, 5.74) is 3.73. The SMILES string of the molecule is Cc1nn(C)c(C)c1NC(=O)CSCc1cccc(Cl)c1. The highest BCUT2D eigenvalue weighted by Gasteiger charge is 2.12. The predicted octanol–water partition coefficient (Wildman–Crippen LogP) is 3.56. The summed E-state index contributed by atoms with van der Waals surface area (Å²) in [6.07, 6.45) is 0. The average Bonchev–Trinajstić information content (AvgIpc) is 2.65. The van der Waals surface area contributed by atoms with Crippen LogP contribution in [0.15, 0.2) is 24.3 Å². The van der Waals surface area contributed by atoms with Crippen LogP contribution < -0.4 is 5.32 Å². The lowest BCUT2D eigenvalue weighted by Crippen LogP contribution is -2.15. The number of thioether (sulfide) groups is 1. The summed E-state index contributed by atoms with van der Waals surface area (Å²) in [7, 11) is 1.87. The number of anilines is 1. The van der Waals surface area contributed by atoms with Gasteiger partial charge in [0.05, 0.1) is 22.8 Å². The largest absolute Gasteiger partial charge is 0.322 e. The molecule has 0 aliphatic rings. The Labute approximate surface area is 133 Å². The molecule has 0 saturated heterocycles. The molecular weight excluding hydrogens is 306 g/mol. The van der Waals surface area contributed by atoms with Gasteiger partial charge in [-0.15, -0.1) is 11.8 Å². The number of aryl methyl sites for hydroxylation is 2. The van der Waals surface area contributed by atoms with Gasteiger partial charge < -0.3 is 5.32 Å². The summed E-state index contributed by atoms with van der Waals surface area (Å²) in [6, 6.07) is 7.69. The van der Waals surface area contributed by atoms with E-state index in [4.69, 9.17) is 11.6 Å². The minimum Gasteiger partial charge on any atom is -0.322 e. The second-order valence-electron chi connectivity index (χ2n) is 4.84. The monoisotopic (exact) mass is 323 g/mol. The van der Waals surface area contributed by atoms with E-state index in [9.17, 15) is 4.79 Å². The molecule has 21 heavy (non-hydrogen) atoms. The molecule has 4 nitrogen and oxygen atoms in total. The molecule has 0 saturated carbocycles. The van der Waals surface area contributed by atoms with Gasteiger partial charge >= 0.3 is 0 Å². The number of aromatic nitrogens is 2. The van der Waals surface area contributed by atoms with Crippen molar-refractivity contribution in [3.63, 3.8) is 0 Å². The van der Waals surface area contributed by atoms with Gasteiger partial charge in [-0.25, -0.2) is 0 Å². The van der Waals surface area contributed by atoms with Crippen molar-refractivity contribution in [1.82, 2.24) is 9.78 Å². The van der Waals surface area contributed by atoms with Gasteiger partial charge in [0.25, 0.3) is 0 Å². The van der Waals surface area contributed by atoms with E-state index in [2.05, 4.69) is 10.4 Å². The maximum absolute atomic E-state index is 12.0. The molecule has 1 aromatic heterocycles. The van der Waals surface area contributed by atoms with Crippen molar-refractivity contribution in [2.45, 2.75) is 19.6 Å². The Morgan fingerprint density at radius 2 is 2.19 bits per heavy atom. The number of nitrogens with one attached hydrogen (secondary N) is 1. The molecule has 0 fully saturated rings. The molecule has 1 aromatic carbocycles. The molecular formula is C15H18ClN3OS. The summed E-state index contributed by atoms with van der Waals surface area (Å²) in [5.74, 6) is 1.15.